The molecule has 0 fully saturated rings. The summed E-state index contributed by atoms with van der Waals surface area (Å²) in [5.41, 5.74) is 1.12. The highest BCUT2D eigenvalue weighted by molar-refractivity contribution is 9.11. The molecular formula is C11H11BrOS. The van der Waals surface area contributed by atoms with Crippen LogP contribution >= 0.6 is 27.3 Å². The van der Waals surface area contributed by atoms with Crippen molar-refractivity contribution in [2.75, 3.05) is 0 Å². The predicted octanol–water partition coefficient (Wildman–Crippen LogP) is 3.81. The highest BCUT2D eigenvalue weighted by Gasteiger charge is 2.09. The van der Waals surface area contributed by atoms with Crippen LogP contribution in [-0.4, -0.2) is 5.78 Å². The van der Waals surface area contributed by atoms with E-state index in [0.717, 1.165) is 14.2 Å². The van der Waals surface area contributed by atoms with Gasteiger partial charge in [0.05, 0.1) is 8.66 Å². The first-order valence-corrected chi connectivity index (χ1v) is 5.95. The van der Waals surface area contributed by atoms with Gasteiger partial charge in [0, 0.05) is 12.8 Å². The van der Waals surface area contributed by atoms with Crippen molar-refractivity contribution in [1.82, 2.24) is 0 Å². The summed E-state index contributed by atoms with van der Waals surface area (Å²) in [5, 5.41) is 0. The van der Waals surface area contributed by atoms with E-state index in [4.69, 9.17) is 0 Å². The molecule has 14 heavy (non-hydrogen) atoms. The van der Waals surface area contributed by atoms with Gasteiger partial charge in [-0.3, -0.25) is 4.79 Å². The molecule has 0 saturated heterocycles. The first-order valence-electron chi connectivity index (χ1n) is 4.34. The van der Waals surface area contributed by atoms with Crippen molar-refractivity contribution < 1.29 is 4.79 Å². The van der Waals surface area contributed by atoms with Crippen LogP contribution in [0.5, 0.6) is 0 Å². The van der Waals surface area contributed by atoms with Crippen LogP contribution < -0.4 is 0 Å². The summed E-state index contributed by atoms with van der Waals surface area (Å²) >= 11 is 4.90. The van der Waals surface area contributed by atoms with Gasteiger partial charge in [0.15, 0.2) is 5.78 Å². The van der Waals surface area contributed by atoms with Gasteiger partial charge in [-0.1, -0.05) is 0 Å². The molecule has 0 bridgehead atoms. The summed E-state index contributed by atoms with van der Waals surface area (Å²) in [6, 6.07) is 1.93. The van der Waals surface area contributed by atoms with Crippen molar-refractivity contribution in [3.63, 3.8) is 0 Å². The van der Waals surface area contributed by atoms with E-state index in [1.165, 1.54) is 11.3 Å². The third-order valence-corrected chi connectivity index (χ3v) is 3.96. The molecule has 1 aromatic heterocycles. The Hall–Kier alpha value is -0.590. The van der Waals surface area contributed by atoms with Gasteiger partial charge >= 0.3 is 0 Å². The smallest absolute Gasteiger partial charge is 0.173 e. The topological polar surface area (TPSA) is 17.1 Å². The Labute approximate surface area is 96.7 Å². The second kappa shape index (κ2) is 5.33. The molecule has 74 valence electrons. The minimum atomic E-state index is 0.187. The summed E-state index contributed by atoms with van der Waals surface area (Å²) < 4.78 is 1.04. The van der Waals surface area contributed by atoms with E-state index in [9.17, 15) is 4.79 Å². The van der Waals surface area contributed by atoms with Gasteiger partial charge in [0.25, 0.3) is 0 Å². The number of Topliss-reactive ketones (excluding diaryl/α,β-unsaturated/α-hetero) is 1. The number of thiophene rings is 1. The van der Waals surface area contributed by atoms with E-state index >= 15 is 0 Å². The van der Waals surface area contributed by atoms with Crippen LogP contribution in [0.2, 0.25) is 0 Å². The molecule has 0 aliphatic carbocycles. The maximum Gasteiger partial charge on any atom is 0.173 e. The quantitative estimate of drug-likeness (QED) is 0.603. The third kappa shape index (κ3) is 2.97. The summed E-state index contributed by atoms with van der Waals surface area (Å²) in [6.07, 6.45) is 1.18. The molecule has 0 saturated carbocycles. The van der Waals surface area contributed by atoms with Gasteiger partial charge in [-0.05, 0) is 41.4 Å². The first-order chi connectivity index (χ1) is 6.65. The fourth-order valence-corrected chi connectivity index (χ4v) is 2.52. The maximum atomic E-state index is 11.6. The summed E-state index contributed by atoms with van der Waals surface area (Å²) in [5.74, 6) is 5.86. The molecule has 0 N–H and O–H groups in total. The van der Waals surface area contributed by atoms with E-state index < -0.39 is 0 Å². The molecule has 0 radical (unpaired) electrons. The summed E-state index contributed by atoms with van der Waals surface area (Å²) in [4.78, 5) is 12.4. The largest absolute Gasteiger partial charge is 0.293 e. The normalized spacial score (nSPS) is 9.36. The summed E-state index contributed by atoms with van der Waals surface area (Å²) in [7, 11) is 0. The Bertz CT molecular complexity index is 376. The van der Waals surface area contributed by atoms with Crippen molar-refractivity contribution in [2.45, 2.75) is 26.7 Å². The molecule has 0 aliphatic heterocycles. The molecule has 1 rings (SSSR count). The molecule has 0 spiro atoms. The number of halogens is 1. The van der Waals surface area contributed by atoms with Crippen LogP contribution in [0.15, 0.2) is 9.85 Å². The van der Waals surface area contributed by atoms with Crippen LogP contribution in [-0.2, 0) is 0 Å². The monoisotopic (exact) mass is 270 g/mol. The number of aryl methyl sites for hydroxylation is 1. The third-order valence-electron chi connectivity index (χ3n) is 1.79. The lowest BCUT2D eigenvalue weighted by molar-refractivity contribution is 0.0988. The molecule has 1 heterocycles. The Balaban J connectivity index is 2.64. The lowest BCUT2D eigenvalue weighted by Crippen LogP contribution is -1.94. The van der Waals surface area contributed by atoms with Gasteiger partial charge in [-0.2, -0.15) is 0 Å². The Morgan fingerprint density at radius 2 is 2.36 bits per heavy atom. The molecule has 0 aromatic carbocycles. The average Bonchev–Trinajstić information content (AvgIpc) is 2.47. The first kappa shape index (κ1) is 11.5. The lowest BCUT2D eigenvalue weighted by Gasteiger charge is -1.91. The fourth-order valence-electron chi connectivity index (χ4n) is 1.02. The molecule has 1 nitrogen and oxygen atoms in total. The zero-order valence-corrected chi connectivity index (χ0v) is 10.6. The van der Waals surface area contributed by atoms with E-state index in [1.54, 1.807) is 6.92 Å². The van der Waals surface area contributed by atoms with Crippen molar-refractivity contribution >= 4 is 33.0 Å². The standard InChI is InChI=1S/C11H11BrOS/c1-3-4-5-6-9(13)10-7-8(2)11(12)14-10/h7H,5-6H2,1-2H3. The Kier molecular flexibility index (Phi) is 4.37. The predicted molar refractivity (Wildman–Crippen MR) is 63.8 cm³/mol. The lowest BCUT2D eigenvalue weighted by atomic mass is 10.2. The Morgan fingerprint density at radius 3 is 2.86 bits per heavy atom. The molecule has 0 amide bonds. The number of rotatable bonds is 3. The van der Waals surface area contributed by atoms with E-state index in [0.29, 0.717) is 12.8 Å². The van der Waals surface area contributed by atoms with E-state index in [1.807, 2.05) is 13.0 Å². The molecule has 0 unspecified atom stereocenters. The zero-order chi connectivity index (χ0) is 10.6. The second-order valence-electron chi connectivity index (χ2n) is 2.92. The van der Waals surface area contributed by atoms with E-state index in [-0.39, 0.29) is 5.78 Å². The zero-order valence-electron chi connectivity index (χ0n) is 8.19. The molecule has 0 aliphatic rings. The molecule has 1 aromatic rings. The minimum Gasteiger partial charge on any atom is -0.293 e. The van der Waals surface area contributed by atoms with Crippen LogP contribution in [0.4, 0.5) is 0 Å². The highest BCUT2D eigenvalue weighted by Crippen LogP contribution is 2.28. The van der Waals surface area contributed by atoms with E-state index in [2.05, 4.69) is 27.8 Å². The SMILES string of the molecule is CC#CCCC(=O)c1cc(C)c(Br)s1. The van der Waals surface area contributed by atoms with Crippen LogP contribution in [0, 0.1) is 18.8 Å². The van der Waals surface area contributed by atoms with Crippen LogP contribution in [0.25, 0.3) is 0 Å². The van der Waals surface area contributed by atoms with Crippen molar-refractivity contribution in [3.05, 3.63) is 20.3 Å². The average molecular weight is 271 g/mol. The number of hydrogen-bond donors (Lipinski definition) is 0. The van der Waals surface area contributed by atoms with Gasteiger partial charge in [0.2, 0.25) is 0 Å². The summed E-state index contributed by atoms with van der Waals surface area (Å²) in [6.45, 7) is 3.78. The highest BCUT2D eigenvalue weighted by atomic mass is 79.9. The number of carbonyl (C=O) groups excluding carboxylic acids is 1. The molecule has 3 heteroatoms. The van der Waals surface area contributed by atoms with Gasteiger partial charge in [0.1, 0.15) is 0 Å². The molecule has 0 atom stereocenters. The second-order valence-corrected chi connectivity index (χ2v) is 5.29. The maximum absolute atomic E-state index is 11.6. The van der Waals surface area contributed by atoms with Crippen LogP contribution in [0.3, 0.4) is 0 Å². The number of ketones is 1. The Morgan fingerprint density at radius 1 is 1.64 bits per heavy atom. The number of hydrogen-bond acceptors (Lipinski definition) is 2. The van der Waals surface area contributed by atoms with Crippen LogP contribution in [0.1, 0.15) is 35.0 Å². The number of carbonyl (C=O) groups is 1. The fraction of sp³-hybridized carbons (Fsp3) is 0.364. The minimum absolute atomic E-state index is 0.187. The van der Waals surface area contributed by atoms with Crippen molar-refractivity contribution in [1.29, 1.82) is 0 Å². The van der Waals surface area contributed by atoms with Gasteiger partial charge < -0.3 is 0 Å². The van der Waals surface area contributed by atoms with Crippen molar-refractivity contribution in [3.8, 4) is 11.8 Å². The molecular weight excluding hydrogens is 260 g/mol. The van der Waals surface area contributed by atoms with Crippen molar-refractivity contribution in [2.24, 2.45) is 0 Å². The van der Waals surface area contributed by atoms with Gasteiger partial charge in [-0.25, -0.2) is 0 Å². The van der Waals surface area contributed by atoms with Gasteiger partial charge in [-0.15, -0.1) is 23.2 Å².